The number of ether oxygens (including phenoxy) is 3. The van der Waals surface area contributed by atoms with Crippen LogP contribution in [0.25, 0.3) is 0 Å². The zero-order chi connectivity index (χ0) is 22.8. The van der Waals surface area contributed by atoms with Crippen LogP contribution in [0.15, 0.2) is 48.5 Å². The van der Waals surface area contributed by atoms with Crippen molar-refractivity contribution in [3.63, 3.8) is 0 Å². The quantitative estimate of drug-likeness (QED) is 0.445. The number of esters is 1. The van der Waals surface area contributed by atoms with Gasteiger partial charge in [0, 0.05) is 6.42 Å². The summed E-state index contributed by atoms with van der Waals surface area (Å²) in [6.45, 7) is 8.49. The highest BCUT2D eigenvalue weighted by molar-refractivity contribution is 5.69. The Morgan fingerprint density at radius 1 is 0.938 bits per heavy atom. The topological polar surface area (TPSA) is 44.8 Å². The van der Waals surface area contributed by atoms with E-state index in [1.807, 2.05) is 24.3 Å². The van der Waals surface area contributed by atoms with Gasteiger partial charge in [-0.3, -0.25) is 4.79 Å². The van der Waals surface area contributed by atoms with E-state index in [9.17, 15) is 4.79 Å². The van der Waals surface area contributed by atoms with Crippen LogP contribution in [-0.4, -0.2) is 19.2 Å². The summed E-state index contributed by atoms with van der Waals surface area (Å²) in [6, 6.07) is 16.4. The molecule has 0 radical (unpaired) electrons. The summed E-state index contributed by atoms with van der Waals surface area (Å²) < 4.78 is 17.0. The number of hydrogen-bond donors (Lipinski definition) is 0. The van der Waals surface area contributed by atoms with Crippen LogP contribution in [0.4, 0.5) is 0 Å². The van der Waals surface area contributed by atoms with Gasteiger partial charge in [-0.25, -0.2) is 0 Å². The number of carbonyl (C=O) groups excluding carboxylic acids is 1. The molecule has 2 aliphatic rings. The van der Waals surface area contributed by atoms with E-state index in [4.69, 9.17) is 9.47 Å². The van der Waals surface area contributed by atoms with Gasteiger partial charge in [0.2, 0.25) is 0 Å². The van der Waals surface area contributed by atoms with Gasteiger partial charge in [-0.05, 0) is 71.3 Å². The number of benzene rings is 2. The van der Waals surface area contributed by atoms with Gasteiger partial charge in [0.05, 0.1) is 19.8 Å². The predicted octanol–water partition coefficient (Wildman–Crippen LogP) is 6.10. The van der Waals surface area contributed by atoms with E-state index in [0.717, 1.165) is 22.8 Å². The van der Waals surface area contributed by atoms with Crippen molar-refractivity contribution in [1.82, 2.24) is 0 Å². The summed E-state index contributed by atoms with van der Waals surface area (Å²) in [7, 11) is 1.42. The van der Waals surface area contributed by atoms with E-state index in [0.29, 0.717) is 43.0 Å². The summed E-state index contributed by atoms with van der Waals surface area (Å²) >= 11 is 0. The summed E-state index contributed by atoms with van der Waals surface area (Å²) in [5.74, 6) is 1.44. The van der Waals surface area contributed by atoms with Gasteiger partial charge >= 0.3 is 5.97 Å². The van der Waals surface area contributed by atoms with Gasteiger partial charge in [-0.2, -0.15) is 0 Å². The first-order chi connectivity index (χ1) is 15.3. The average Bonchev–Trinajstić information content (AvgIpc) is 3.14. The first-order valence-corrected chi connectivity index (χ1v) is 11.8. The molecule has 2 aromatic rings. The molecule has 2 aromatic carbocycles. The van der Waals surface area contributed by atoms with Gasteiger partial charge < -0.3 is 14.2 Å². The van der Waals surface area contributed by atoms with Gasteiger partial charge in [0.15, 0.2) is 0 Å². The van der Waals surface area contributed by atoms with E-state index in [2.05, 4.69) is 49.8 Å². The van der Waals surface area contributed by atoms with Crippen LogP contribution in [0, 0.1) is 16.7 Å². The Kier molecular flexibility index (Phi) is 6.62. The molecule has 0 N–H and O–H groups in total. The van der Waals surface area contributed by atoms with Crippen molar-refractivity contribution in [3.05, 3.63) is 65.2 Å². The van der Waals surface area contributed by atoms with Crippen LogP contribution >= 0.6 is 0 Å². The average molecular weight is 437 g/mol. The highest BCUT2D eigenvalue weighted by Crippen LogP contribution is 2.66. The van der Waals surface area contributed by atoms with E-state index in [-0.39, 0.29) is 5.97 Å². The molecule has 2 saturated carbocycles. The minimum atomic E-state index is -0.187. The Morgan fingerprint density at radius 3 is 2.12 bits per heavy atom. The molecule has 0 saturated heterocycles. The Balaban J connectivity index is 1.24. The Bertz CT molecular complexity index is 915. The Morgan fingerprint density at radius 2 is 1.56 bits per heavy atom. The van der Waals surface area contributed by atoms with Gasteiger partial charge in [-0.1, -0.05) is 57.2 Å². The molecule has 0 unspecified atom stereocenters. The molecule has 2 bridgehead atoms. The van der Waals surface area contributed by atoms with Crippen LogP contribution in [0.5, 0.6) is 5.75 Å². The highest BCUT2D eigenvalue weighted by atomic mass is 16.5. The monoisotopic (exact) mass is 436 g/mol. The second-order valence-electron chi connectivity index (χ2n) is 10.2. The lowest BCUT2D eigenvalue weighted by atomic mass is 9.70. The predicted molar refractivity (Wildman–Crippen MR) is 125 cm³/mol. The van der Waals surface area contributed by atoms with Crippen molar-refractivity contribution in [1.29, 1.82) is 0 Å². The maximum absolute atomic E-state index is 11.3. The molecule has 2 fully saturated rings. The van der Waals surface area contributed by atoms with Crippen LogP contribution in [0.2, 0.25) is 0 Å². The third-order valence-corrected chi connectivity index (χ3v) is 8.36. The molecule has 0 amide bonds. The normalized spacial score (nSPS) is 25.6. The lowest BCUT2D eigenvalue weighted by Gasteiger charge is -2.38. The number of methoxy groups -OCH3 is 1. The molecular formula is C28H36O4. The fourth-order valence-corrected chi connectivity index (χ4v) is 5.58. The van der Waals surface area contributed by atoms with Crippen molar-refractivity contribution in [3.8, 4) is 5.75 Å². The van der Waals surface area contributed by atoms with Crippen LogP contribution < -0.4 is 4.74 Å². The maximum Gasteiger partial charge on any atom is 0.305 e. The SMILES string of the molecule is COC(=O)CCc1ccc(OCc2ccc(CO[C@H]3C[C@H]4CC[C@]3(C)C4(C)C)cc2)cc1. The largest absolute Gasteiger partial charge is 0.489 e. The summed E-state index contributed by atoms with van der Waals surface area (Å²) in [4.78, 5) is 11.3. The molecule has 4 rings (SSSR count). The van der Waals surface area contributed by atoms with Crippen molar-refractivity contribution in [2.45, 2.75) is 72.2 Å². The number of carbonyl (C=O) groups is 1. The molecule has 2 aliphatic carbocycles. The number of fused-ring (bicyclic) bond motifs is 2. The second-order valence-corrected chi connectivity index (χ2v) is 10.2. The fourth-order valence-electron chi connectivity index (χ4n) is 5.58. The van der Waals surface area contributed by atoms with E-state index in [1.54, 1.807) is 0 Å². The van der Waals surface area contributed by atoms with Gasteiger partial charge in [0.1, 0.15) is 12.4 Å². The van der Waals surface area contributed by atoms with E-state index < -0.39 is 0 Å². The molecular weight excluding hydrogens is 400 g/mol. The zero-order valence-corrected chi connectivity index (χ0v) is 19.9. The molecule has 172 valence electrons. The maximum atomic E-state index is 11.3. The van der Waals surface area contributed by atoms with Crippen LogP contribution in [-0.2, 0) is 33.9 Å². The van der Waals surface area contributed by atoms with Crippen LogP contribution in [0.3, 0.4) is 0 Å². The van der Waals surface area contributed by atoms with Gasteiger partial charge in [-0.15, -0.1) is 0 Å². The number of hydrogen-bond acceptors (Lipinski definition) is 4. The lowest BCUT2D eigenvalue weighted by Crippen LogP contribution is -2.37. The molecule has 4 heteroatoms. The van der Waals surface area contributed by atoms with Crippen molar-refractivity contribution in [2.24, 2.45) is 16.7 Å². The molecule has 0 heterocycles. The third-order valence-electron chi connectivity index (χ3n) is 8.36. The minimum Gasteiger partial charge on any atom is -0.489 e. The van der Waals surface area contributed by atoms with Crippen molar-refractivity contribution in [2.75, 3.05) is 7.11 Å². The van der Waals surface area contributed by atoms with Crippen LogP contribution in [0.1, 0.15) is 63.1 Å². The standard InChI is InChI=1S/C28H36O4/c1-27(2)23-15-16-28(27,3)25(17-23)32-19-22-7-5-21(6-8-22)18-31-24-12-9-20(10-13-24)11-14-26(29)30-4/h5-10,12-13,23,25H,11,14-19H2,1-4H3/t23-,25+,28+/m1/s1. The first kappa shape index (κ1) is 22.8. The molecule has 4 nitrogen and oxygen atoms in total. The second kappa shape index (κ2) is 9.27. The van der Waals surface area contributed by atoms with E-state index in [1.165, 1.54) is 31.9 Å². The minimum absolute atomic E-state index is 0.187. The summed E-state index contributed by atoms with van der Waals surface area (Å²) in [5, 5.41) is 0. The highest BCUT2D eigenvalue weighted by Gasteiger charge is 2.61. The molecule has 0 aromatic heterocycles. The molecule has 0 aliphatic heterocycles. The lowest BCUT2D eigenvalue weighted by molar-refractivity contribution is -0.140. The fraction of sp³-hybridized carbons (Fsp3) is 0.536. The molecule has 32 heavy (non-hydrogen) atoms. The van der Waals surface area contributed by atoms with Crippen molar-refractivity contribution >= 4 is 5.97 Å². The zero-order valence-electron chi connectivity index (χ0n) is 19.9. The molecule has 0 spiro atoms. The Labute approximate surface area is 192 Å². The smallest absolute Gasteiger partial charge is 0.305 e. The first-order valence-electron chi connectivity index (χ1n) is 11.8. The Hall–Kier alpha value is -2.33. The number of rotatable bonds is 9. The number of aryl methyl sites for hydroxylation is 1. The van der Waals surface area contributed by atoms with E-state index >= 15 is 0 Å². The van der Waals surface area contributed by atoms with Crippen molar-refractivity contribution < 1.29 is 19.0 Å². The third kappa shape index (κ3) is 4.56. The van der Waals surface area contributed by atoms with Gasteiger partial charge in [0.25, 0.3) is 0 Å². The molecule has 3 atom stereocenters. The summed E-state index contributed by atoms with van der Waals surface area (Å²) in [6.07, 6.45) is 5.29. The summed E-state index contributed by atoms with van der Waals surface area (Å²) in [5.41, 5.74) is 4.14.